The zero-order chi connectivity index (χ0) is 12.3. The fourth-order valence-electron chi connectivity index (χ4n) is 1.91. The summed E-state index contributed by atoms with van der Waals surface area (Å²) in [4.78, 5) is 2.10. The van der Waals surface area contributed by atoms with Crippen LogP contribution in [0.15, 0.2) is 22.7 Å². The standard InChI is InChI=1S/C12H12BrClN2O/c13-9-1-2-10(11(14)7-9)12(8-15)16-3-5-17-6-4-16/h1-2,7,12H,3-6H2. The van der Waals surface area contributed by atoms with Crippen LogP contribution in [0, 0.1) is 11.3 Å². The van der Waals surface area contributed by atoms with Gasteiger partial charge in [0.2, 0.25) is 0 Å². The topological polar surface area (TPSA) is 36.3 Å². The molecule has 1 aromatic carbocycles. The highest BCUT2D eigenvalue weighted by Crippen LogP contribution is 2.30. The van der Waals surface area contributed by atoms with Crippen LogP contribution < -0.4 is 0 Å². The van der Waals surface area contributed by atoms with Crippen LogP contribution in [0.1, 0.15) is 11.6 Å². The van der Waals surface area contributed by atoms with Gasteiger partial charge in [-0.2, -0.15) is 5.26 Å². The second kappa shape index (κ2) is 5.83. The Hall–Kier alpha value is -0.600. The maximum Gasteiger partial charge on any atom is 0.125 e. The van der Waals surface area contributed by atoms with Gasteiger partial charge in [0.1, 0.15) is 6.04 Å². The molecule has 0 N–H and O–H groups in total. The summed E-state index contributed by atoms with van der Waals surface area (Å²) in [5.74, 6) is 0. The molecule has 1 saturated heterocycles. The number of ether oxygens (including phenoxy) is 1. The van der Waals surface area contributed by atoms with Crippen LogP contribution in [0.25, 0.3) is 0 Å². The average Bonchev–Trinajstić information content (AvgIpc) is 2.34. The van der Waals surface area contributed by atoms with Gasteiger partial charge in [0.25, 0.3) is 0 Å². The Morgan fingerprint density at radius 2 is 2.12 bits per heavy atom. The summed E-state index contributed by atoms with van der Waals surface area (Å²) in [7, 11) is 0. The lowest BCUT2D eigenvalue weighted by atomic mass is 10.1. The number of halogens is 2. The summed E-state index contributed by atoms with van der Waals surface area (Å²) >= 11 is 9.55. The van der Waals surface area contributed by atoms with Crippen LogP contribution in [-0.2, 0) is 4.74 Å². The minimum absolute atomic E-state index is 0.292. The van der Waals surface area contributed by atoms with Gasteiger partial charge >= 0.3 is 0 Å². The molecule has 0 aromatic heterocycles. The number of nitrogens with zero attached hydrogens (tertiary/aromatic N) is 2. The molecule has 1 unspecified atom stereocenters. The van der Waals surface area contributed by atoms with Gasteiger partial charge in [-0.15, -0.1) is 0 Å². The molecule has 5 heteroatoms. The molecule has 0 saturated carbocycles. The van der Waals surface area contributed by atoms with Gasteiger partial charge < -0.3 is 4.74 Å². The number of rotatable bonds is 2. The predicted molar refractivity (Wildman–Crippen MR) is 69.9 cm³/mol. The second-order valence-electron chi connectivity index (χ2n) is 3.85. The van der Waals surface area contributed by atoms with Crippen molar-refractivity contribution in [3.8, 4) is 6.07 Å². The molecule has 1 heterocycles. The first kappa shape index (κ1) is 12.8. The van der Waals surface area contributed by atoms with Gasteiger partial charge in [-0.05, 0) is 12.1 Å². The van der Waals surface area contributed by atoms with Gasteiger partial charge in [-0.25, -0.2) is 0 Å². The van der Waals surface area contributed by atoms with E-state index in [2.05, 4.69) is 26.9 Å². The van der Waals surface area contributed by atoms with Crippen LogP contribution in [0.4, 0.5) is 0 Å². The number of nitriles is 1. The Morgan fingerprint density at radius 3 is 2.71 bits per heavy atom. The lowest BCUT2D eigenvalue weighted by molar-refractivity contribution is 0.0266. The number of hydrogen-bond donors (Lipinski definition) is 0. The molecule has 1 aliphatic heterocycles. The third-order valence-electron chi connectivity index (χ3n) is 2.79. The maximum atomic E-state index is 9.32. The van der Waals surface area contributed by atoms with Gasteiger partial charge in [-0.1, -0.05) is 33.6 Å². The fourth-order valence-corrected chi connectivity index (χ4v) is 2.68. The molecule has 2 rings (SSSR count). The van der Waals surface area contributed by atoms with E-state index in [4.69, 9.17) is 16.3 Å². The van der Waals surface area contributed by atoms with E-state index in [1.165, 1.54) is 0 Å². The van der Waals surface area contributed by atoms with Crippen molar-refractivity contribution in [3.05, 3.63) is 33.3 Å². The molecule has 17 heavy (non-hydrogen) atoms. The Kier molecular flexibility index (Phi) is 4.41. The van der Waals surface area contributed by atoms with Crippen molar-refractivity contribution >= 4 is 27.5 Å². The normalized spacial score (nSPS) is 18.6. The quantitative estimate of drug-likeness (QED) is 0.842. The molecule has 0 amide bonds. The summed E-state index contributed by atoms with van der Waals surface area (Å²) in [6, 6.07) is 7.66. The molecule has 1 fully saturated rings. The monoisotopic (exact) mass is 314 g/mol. The van der Waals surface area contributed by atoms with E-state index in [1.54, 1.807) is 0 Å². The Bertz CT molecular complexity index is 441. The second-order valence-corrected chi connectivity index (χ2v) is 5.17. The smallest absolute Gasteiger partial charge is 0.125 e. The van der Waals surface area contributed by atoms with E-state index in [-0.39, 0.29) is 6.04 Å². The largest absolute Gasteiger partial charge is 0.379 e. The maximum absolute atomic E-state index is 9.32. The van der Waals surface area contributed by atoms with Crippen LogP contribution in [0.3, 0.4) is 0 Å². The Morgan fingerprint density at radius 1 is 1.41 bits per heavy atom. The summed E-state index contributed by atoms with van der Waals surface area (Å²) in [6.45, 7) is 2.88. The van der Waals surface area contributed by atoms with Gasteiger partial charge in [0, 0.05) is 28.1 Å². The third kappa shape index (κ3) is 2.99. The molecule has 90 valence electrons. The first-order chi connectivity index (χ1) is 8.22. The van der Waals surface area contributed by atoms with Crippen molar-refractivity contribution in [1.29, 1.82) is 5.26 Å². The average molecular weight is 316 g/mol. The van der Waals surface area contributed by atoms with E-state index < -0.39 is 0 Å². The summed E-state index contributed by atoms with van der Waals surface area (Å²) in [5.41, 5.74) is 0.860. The van der Waals surface area contributed by atoms with E-state index in [0.29, 0.717) is 18.2 Å². The molecule has 1 aliphatic rings. The number of benzene rings is 1. The predicted octanol–water partition coefficient (Wildman–Crippen LogP) is 3.00. The fraction of sp³-hybridized carbons (Fsp3) is 0.417. The number of hydrogen-bond acceptors (Lipinski definition) is 3. The molecule has 0 aliphatic carbocycles. The van der Waals surface area contributed by atoms with Crippen molar-refractivity contribution in [1.82, 2.24) is 4.90 Å². The Balaban J connectivity index is 2.25. The first-order valence-corrected chi connectivity index (χ1v) is 6.56. The molecule has 1 aromatic rings. The SMILES string of the molecule is N#CC(c1ccc(Br)cc1Cl)N1CCOCC1. The van der Waals surface area contributed by atoms with Crippen LogP contribution in [0.2, 0.25) is 5.02 Å². The highest BCUT2D eigenvalue weighted by atomic mass is 79.9. The minimum atomic E-state index is -0.292. The van der Waals surface area contributed by atoms with Gasteiger partial charge in [0.05, 0.1) is 19.3 Å². The Labute approximate surface area is 114 Å². The number of morpholine rings is 1. The van der Waals surface area contributed by atoms with E-state index in [1.807, 2.05) is 18.2 Å². The van der Waals surface area contributed by atoms with Gasteiger partial charge in [0.15, 0.2) is 0 Å². The molecule has 1 atom stereocenters. The molecule has 0 bridgehead atoms. The molecule has 0 spiro atoms. The van der Waals surface area contributed by atoms with E-state index in [9.17, 15) is 5.26 Å². The van der Waals surface area contributed by atoms with Gasteiger partial charge in [-0.3, -0.25) is 4.90 Å². The third-order valence-corrected chi connectivity index (χ3v) is 3.61. The summed E-state index contributed by atoms with van der Waals surface area (Å²) < 4.78 is 6.21. The van der Waals surface area contributed by atoms with E-state index in [0.717, 1.165) is 23.1 Å². The van der Waals surface area contributed by atoms with Crippen molar-refractivity contribution < 1.29 is 4.74 Å². The molecular weight excluding hydrogens is 304 g/mol. The molecule has 0 radical (unpaired) electrons. The summed E-state index contributed by atoms with van der Waals surface area (Å²) in [5, 5.41) is 9.95. The van der Waals surface area contributed by atoms with E-state index >= 15 is 0 Å². The van der Waals surface area contributed by atoms with Crippen LogP contribution in [0.5, 0.6) is 0 Å². The summed E-state index contributed by atoms with van der Waals surface area (Å²) in [6.07, 6.45) is 0. The minimum Gasteiger partial charge on any atom is -0.379 e. The zero-order valence-corrected chi connectivity index (χ0v) is 11.5. The van der Waals surface area contributed by atoms with Crippen molar-refractivity contribution in [3.63, 3.8) is 0 Å². The molecular formula is C12H12BrClN2O. The highest BCUT2D eigenvalue weighted by molar-refractivity contribution is 9.10. The first-order valence-electron chi connectivity index (χ1n) is 5.38. The van der Waals surface area contributed by atoms with Crippen molar-refractivity contribution in [2.75, 3.05) is 26.3 Å². The van der Waals surface area contributed by atoms with Crippen molar-refractivity contribution in [2.45, 2.75) is 6.04 Å². The van der Waals surface area contributed by atoms with Crippen LogP contribution in [-0.4, -0.2) is 31.2 Å². The zero-order valence-electron chi connectivity index (χ0n) is 9.20. The van der Waals surface area contributed by atoms with Crippen LogP contribution >= 0.6 is 27.5 Å². The molecule has 3 nitrogen and oxygen atoms in total. The lowest BCUT2D eigenvalue weighted by Crippen LogP contribution is -2.38. The van der Waals surface area contributed by atoms with Crippen molar-refractivity contribution in [2.24, 2.45) is 0 Å². The lowest BCUT2D eigenvalue weighted by Gasteiger charge is -2.31. The highest BCUT2D eigenvalue weighted by Gasteiger charge is 2.24.